The van der Waals surface area contributed by atoms with Crippen LogP contribution in [0, 0.1) is 5.41 Å². The highest BCUT2D eigenvalue weighted by Crippen LogP contribution is 2.38. The zero-order valence-electron chi connectivity index (χ0n) is 17.9. The molecule has 1 heterocycles. The van der Waals surface area contributed by atoms with Gasteiger partial charge in [0.05, 0.1) is 0 Å². The van der Waals surface area contributed by atoms with Crippen molar-refractivity contribution in [2.45, 2.75) is 46.2 Å². The number of hydrogen-bond acceptors (Lipinski definition) is 4. The molecule has 30 heavy (non-hydrogen) atoms. The molecule has 4 rings (SSSR count). The van der Waals surface area contributed by atoms with E-state index in [-0.39, 0.29) is 5.41 Å². The van der Waals surface area contributed by atoms with Crippen LogP contribution in [0.5, 0.6) is 0 Å². The van der Waals surface area contributed by atoms with Gasteiger partial charge in [0.1, 0.15) is 5.82 Å². The Balaban J connectivity index is 1.74. The number of nitrogens with zero attached hydrogens (tertiary/aromatic N) is 2. The smallest absolute Gasteiger partial charge is 0.114 e. The van der Waals surface area contributed by atoms with Crippen molar-refractivity contribution in [2.24, 2.45) is 5.41 Å². The van der Waals surface area contributed by atoms with E-state index in [4.69, 9.17) is 24.4 Å². The van der Waals surface area contributed by atoms with E-state index in [1.54, 1.807) is 0 Å². The van der Waals surface area contributed by atoms with Crippen LogP contribution in [-0.4, -0.2) is 32.6 Å². The molecule has 0 spiro atoms. The monoisotopic (exact) mass is 434 g/mol. The van der Waals surface area contributed by atoms with Gasteiger partial charge in [0.15, 0.2) is 0 Å². The van der Waals surface area contributed by atoms with Gasteiger partial charge < -0.3 is 9.80 Å². The summed E-state index contributed by atoms with van der Waals surface area (Å²) in [6.45, 7) is 8.40. The van der Waals surface area contributed by atoms with Gasteiger partial charge >= 0.3 is 0 Å². The van der Waals surface area contributed by atoms with E-state index >= 15 is 0 Å². The van der Waals surface area contributed by atoms with E-state index in [2.05, 4.69) is 84.3 Å². The van der Waals surface area contributed by atoms with Crippen LogP contribution in [0.25, 0.3) is 0 Å². The summed E-state index contributed by atoms with van der Waals surface area (Å²) in [6.07, 6.45) is 3.00. The summed E-state index contributed by atoms with van der Waals surface area (Å²) in [4.78, 5) is 7.08. The predicted molar refractivity (Wildman–Crippen MR) is 134 cm³/mol. The highest BCUT2D eigenvalue weighted by atomic mass is 32.1. The molecule has 2 aliphatic rings. The van der Waals surface area contributed by atoms with Crippen LogP contribution in [-0.2, 0) is 13.1 Å². The summed E-state index contributed by atoms with van der Waals surface area (Å²) in [5.41, 5.74) is 3.96. The fourth-order valence-electron chi connectivity index (χ4n) is 4.61. The minimum atomic E-state index is 0.154. The number of benzene rings is 2. The van der Waals surface area contributed by atoms with Gasteiger partial charge in [0.25, 0.3) is 0 Å². The van der Waals surface area contributed by atoms with Crippen LogP contribution in [0.1, 0.15) is 44.2 Å². The first-order chi connectivity index (χ1) is 14.4. The second-order valence-electron chi connectivity index (χ2n) is 9.23. The average Bonchev–Trinajstić information content (AvgIpc) is 2.70. The molecule has 0 N–H and O–H groups in total. The first-order valence-electron chi connectivity index (χ1n) is 10.8. The van der Waals surface area contributed by atoms with Gasteiger partial charge in [-0.1, -0.05) is 98.9 Å². The van der Waals surface area contributed by atoms with Gasteiger partial charge in [-0.25, -0.2) is 0 Å². The van der Waals surface area contributed by atoms with Gasteiger partial charge in [-0.3, -0.25) is 0 Å². The molecule has 2 nitrogen and oxygen atoms in total. The van der Waals surface area contributed by atoms with Crippen molar-refractivity contribution >= 4 is 34.2 Å². The minimum absolute atomic E-state index is 0.154. The predicted octanol–water partition coefficient (Wildman–Crippen LogP) is 6.17. The Kier molecular flexibility index (Phi) is 6.35. The van der Waals surface area contributed by atoms with Gasteiger partial charge in [-0.05, 0) is 35.8 Å². The summed E-state index contributed by atoms with van der Waals surface area (Å²) in [5.74, 6) is 1.25. The molecule has 0 aromatic heterocycles. The average molecular weight is 435 g/mol. The number of allylic oxidation sites excluding steroid dienone is 1. The molecular weight excluding hydrogens is 404 g/mol. The normalized spacial score (nSPS) is 19.4. The van der Waals surface area contributed by atoms with Crippen LogP contribution in [0.2, 0.25) is 0 Å². The van der Waals surface area contributed by atoms with E-state index in [9.17, 15) is 0 Å². The molecule has 156 valence electrons. The summed E-state index contributed by atoms with van der Waals surface area (Å²) >= 11 is 11.9. The van der Waals surface area contributed by atoms with Crippen LogP contribution in [0.3, 0.4) is 0 Å². The maximum absolute atomic E-state index is 5.97. The van der Waals surface area contributed by atoms with Crippen molar-refractivity contribution in [2.75, 3.05) is 13.1 Å². The largest absolute Gasteiger partial charge is 0.353 e. The number of thiocarbonyl (C=S) groups is 2. The standard InChI is InChI=1S/C26H30N2S2/c1-26(2)16-22(29)24(23(30)17-26)25-27(18-20-10-5-3-6-11-20)14-9-15-28(25)19-21-12-7-4-8-13-21/h3-8,10-13H,9,14-19H2,1-2H3. The summed E-state index contributed by atoms with van der Waals surface area (Å²) in [5, 5.41) is 0. The van der Waals surface area contributed by atoms with Crippen LogP contribution >= 0.6 is 24.4 Å². The molecule has 0 atom stereocenters. The maximum atomic E-state index is 5.97. The van der Waals surface area contributed by atoms with Crippen molar-refractivity contribution in [3.63, 3.8) is 0 Å². The third-order valence-corrected chi connectivity index (χ3v) is 6.64. The highest BCUT2D eigenvalue weighted by molar-refractivity contribution is 7.83. The Labute approximate surface area is 191 Å². The molecule has 2 fully saturated rings. The zero-order valence-corrected chi connectivity index (χ0v) is 19.6. The van der Waals surface area contributed by atoms with Crippen molar-refractivity contribution in [1.82, 2.24) is 9.80 Å². The molecule has 2 aromatic rings. The highest BCUT2D eigenvalue weighted by Gasteiger charge is 2.36. The molecule has 0 unspecified atom stereocenters. The SMILES string of the molecule is CC1(C)CC(=S)C(=C2N(Cc3ccccc3)CCCN2Cc2ccccc2)C(=S)C1. The molecule has 1 aliphatic carbocycles. The van der Waals surface area contributed by atoms with E-state index in [1.165, 1.54) is 16.9 Å². The molecule has 0 bridgehead atoms. The second kappa shape index (κ2) is 8.99. The fourth-order valence-corrected chi connectivity index (χ4v) is 5.88. The van der Waals surface area contributed by atoms with Crippen molar-refractivity contribution in [3.8, 4) is 0 Å². The summed E-state index contributed by atoms with van der Waals surface area (Å²) < 4.78 is 0. The van der Waals surface area contributed by atoms with Gasteiger partial charge in [-0.2, -0.15) is 0 Å². The molecule has 0 amide bonds. The molecule has 1 aliphatic heterocycles. The van der Waals surface area contributed by atoms with Crippen LogP contribution in [0.15, 0.2) is 72.1 Å². The Bertz CT molecular complexity index is 874. The third kappa shape index (κ3) is 4.81. The lowest BCUT2D eigenvalue weighted by Gasteiger charge is -2.44. The maximum Gasteiger partial charge on any atom is 0.114 e. The third-order valence-electron chi connectivity index (χ3n) is 5.95. The molecule has 0 radical (unpaired) electrons. The quantitative estimate of drug-likeness (QED) is 0.419. The van der Waals surface area contributed by atoms with E-state index in [1.807, 2.05) is 0 Å². The molecular formula is C26H30N2S2. The van der Waals surface area contributed by atoms with E-state index in [0.717, 1.165) is 60.7 Å². The molecule has 4 heteroatoms. The van der Waals surface area contributed by atoms with Gasteiger partial charge in [0.2, 0.25) is 0 Å². The summed E-state index contributed by atoms with van der Waals surface area (Å²) in [6, 6.07) is 21.5. The molecule has 1 saturated heterocycles. The van der Waals surface area contributed by atoms with E-state index in [0.29, 0.717) is 0 Å². The molecule has 1 saturated carbocycles. The number of hydrogen-bond donors (Lipinski definition) is 0. The van der Waals surface area contributed by atoms with Crippen molar-refractivity contribution < 1.29 is 0 Å². The first-order valence-corrected chi connectivity index (χ1v) is 11.6. The first kappa shape index (κ1) is 21.2. The zero-order chi connectivity index (χ0) is 21.1. The lowest BCUT2D eigenvalue weighted by molar-refractivity contribution is 0.146. The van der Waals surface area contributed by atoms with Gasteiger partial charge in [0, 0.05) is 41.5 Å². The summed E-state index contributed by atoms with van der Waals surface area (Å²) in [7, 11) is 0. The molecule has 2 aromatic carbocycles. The Morgan fingerprint density at radius 3 is 1.60 bits per heavy atom. The van der Waals surface area contributed by atoms with Gasteiger partial charge in [-0.15, -0.1) is 0 Å². The lowest BCUT2D eigenvalue weighted by Crippen LogP contribution is -2.45. The Morgan fingerprint density at radius 1 is 0.733 bits per heavy atom. The second-order valence-corrected chi connectivity index (χ2v) is 10.2. The Morgan fingerprint density at radius 2 is 1.17 bits per heavy atom. The van der Waals surface area contributed by atoms with Crippen LogP contribution < -0.4 is 0 Å². The lowest BCUT2D eigenvalue weighted by atomic mass is 9.75. The van der Waals surface area contributed by atoms with Crippen molar-refractivity contribution in [1.29, 1.82) is 0 Å². The minimum Gasteiger partial charge on any atom is -0.353 e. The van der Waals surface area contributed by atoms with Crippen molar-refractivity contribution in [3.05, 3.63) is 83.2 Å². The van der Waals surface area contributed by atoms with E-state index < -0.39 is 0 Å². The van der Waals surface area contributed by atoms with Crippen LogP contribution in [0.4, 0.5) is 0 Å². The Hall–Kier alpha value is -2.04. The fraction of sp³-hybridized carbons (Fsp3) is 0.385. The topological polar surface area (TPSA) is 6.48 Å². The number of rotatable bonds is 4.